The van der Waals surface area contributed by atoms with Crippen molar-refractivity contribution in [1.29, 1.82) is 0 Å². The lowest BCUT2D eigenvalue weighted by Gasteiger charge is -2.28. The number of rotatable bonds is 7. The van der Waals surface area contributed by atoms with Crippen molar-refractivity contribution in [3.05, 3.63) is 69.8 Å². The van der Waals surface area contributed by atoms with E-state index < -0.39 is 17.7 Å². The molecule has 3 aromatic heterocycles. The van der Waals surface area contributed by atoms with E-state index in [-0.39, 0.29) is 5.92 Å². The molecule has 4 rings (SSSR count). The summed E-state index contributed by atoms with van der Waals surface area (Å²) >= 11 is 6.24. The number of aromatic nitrogens is 4. The molecular formula is C29H35ClN4O3. The summed E-state index contributed by atoms with van der Waals surface area (Å²) in [7, 11) is 1.90. The summed E-state index contributed by atoms with van der Waals surface area (Å²) in [4.78, 5) is 17.7. The Morgan fingerprint density at radius 1 is 1.16 bits per heavy atom. The highest BCUT2D eigenvalue weighted by atomic mass is 35.5. The normalized spacial score (nSPS) is 13.0. The van der Waals surface area contributed by atoms with Gasteiger partial charge < -0.3 is 14.4 Å². The molecule has 7 nitrogen and oxygen atoms in total. The van der Waals surface area contributed by atoms with Crippen molar-refractivity contribution in [1.82, 2.24) is 19.3 Å². The van der Waals surface area contributed by atoms with E-state index in [1.807, 2.05) is 71.4 Å². The summed E-state index contributed by atoms with van der Waals surface area (Å²) < 4.78 is 10.2. The maximum absolute atomic E-state index is 12.6. The van der Waals surface area contributed by atoms with E-state index in [9.17, 15) is 9.90 Å². The molecule has 0 bridgehead atoms. The average Bonchev–Trinajstić information content (AvgIpc) is 3.32. The van der Waals surface area contributed by atoms with Crippen LogP contribution in [0.1, 0.15) is 74.7 Å². The third kappa shape index (κ3) is 5.29. The Bertz CT molecular complexity index is 1460. The van der Waals surface area contributed by atoms with Crippen LogP contribution in [0.4, 0.5) is 0 Å². The molecule has 37 heavy (non-hydrogen) atoms. The molecular weight excluding hydrogens is 488 g/mol. The lowest BCUT2D eigenvalue weighted by atomic mass is 9.90. The van der Waals surface area contributed by atoms with Gasteiger partial charge in [0.05, 0.1) is 18.3 Å². The van der Waals surface area contributed by atoms with E-state index in [1.54, 1.807) is 4.68 Å². The average molecular weight is 523 g/mol. The van der Waals surface area contributed by atoms with E-state index >= 15 is 0 Å². The summed E-state index contributed by atoms with van der Waals surface area (Å²) in [6, 6.07) is 7.52. The van der Waals surface area contributed by atoms with E-state index in [4.69, 9.17) is 21.3 Å². The van der Waals surface area contributed by atoms with Crippen LogP contribution in [0.25, 0.3) is 22.2 Å². The number of carboxylic acids is 1. The number of carboxylic acid groups (broad SMARTS) is 1. The van der Waals surface area contributed by atoms with Gasteiger partial charge in [0.25, 0.3) is 0 Å². The molecule has 0 amide bonds. The highest BCUT2D eigenvalue weighted by Gasteiger charge is 2.34. The van der Waals surface area contributed by atoms with Crippen molar-refractivity contribution in [2.75, 3.05) is 0 Å². The van der Waals surface area contributed by atoms with Crippen molar-refractivity contribution >= 4 is 28.6 Å². The first-order valence-electron chi connectivity index (χ1n) is 12.5. The minimum Gasteiger partial charge on any atom is -0.479 e. The highest BCUT2D eigenvalue weighted by Crippen LogP contribution is 2.43. The second kappa shape index (κ2) is 9.95. The Hall–Kier alpha value is -3.16. The van der Waals surface area contributed by atoms with Crippen LogP contribution in [0.2, 0.25) is 5.02 Å². The van der Waals surface area contributed by atoms with Crippen molar-refractivity contribution in [3.63, 3.8) is 0 Å². The topological polar surface area (TPSA) is 82.2 Å². The molecule has 8 heteroatoms. The number of aryl methyl sites for hydroxylation is 3. The minimum atomic E-state index is -1.19. The maximum Gasteiger partial charge on any atom is 0.337 e. The SMILES string of the molecule is Cc1nc2c(c(C)c(C(C)C)n2Cc2cnn(C)c2)c(-c2ccc(Cl)cc2)c1[C@H](OC(C)(C)C)C(=O)O. The second-order valence-corrected chi connectivity index (χ2v) is 11.3. The molecule has 0 radical (unpaired) electrons. The standard InChI is InChI=1S/C29H35ClN4O3/c1-16(2)25-17(3)22-24(20-9-11-21(30)12-10-20)23(26(28(35)36)37-29(5,6)7)18(4)32-27(22)34(25)15-19-13-31-33(8)14-19/h9-14,16,26H,15H2,1-8H3,(H,35,36)/t26-/m0/s1. The summed E-state index contributed by atoms with van der Waals surface area (Å²) in [6.07, 6.45) is 2.68. The van der Waals surface area contributed by atoms with Crippen LogP contribution in [0.3, 0.4) is 0 Å². The summed E-state index contributed by atoms with van der Waals surface area (Å²) in [5.41, 5.74) is 6.31. The summed E-state index contributed by atoms with van der Waals surface area (Å²) in [5, 5.41) is 16.2. The van der Waals surface area contributed by atoms with Crippen LogP contribution in [0, 0.1) is 13.8 Å². The van der Waals surface area contributed by atoms with Crippen LogP contribution in [-0.2, 0) is 23.1 Å². The first kappa shape index (κ1) is 26.9. The Morgan fingerprint density at radius 2 is 1.81 bits per heavy atom. The molecule has 1 N–H and O–H groups in total. The highest BCUT2D eigenvalue weighted by molar-refractivity contribution is 6.30. The largest absolute Gasteiger partial charge is 0.479 e. The lowest BCUT2D eigenvalue weighted by molar-refractivity contribution is -0.160. The monoisotopic (exact) mass is 522 g/mol. The van der Waals surface area contributed by atoms with Gasteiger partial charge in [-0.2, -0.15) is 5.10 Å². The van der Waals surface area contributed by atoms with E-state index in [2.05, 4.69) is 30.4 Å². The molecule has 0 aliphatic rings. The fourth-order valence-electron chi connectivity index (χ4n) is 5.16. The van der Waals surface area contributed by atoms with Gasteiger partial charge in [-0.25, -0.2) is 9.78 Å². The van der Waals surface area contributed by atoms with Crippen molar-refractivity contribution < 1.29 is 14.6 Å². The smallest absolute Gasteiger partial charge is 0.337 e. The van der Waals surface area contributed by atoms with Gasteiger partial charge in [-0.05, 0) is 63.8 Å². The third-order valence-corrected chi connectivity index (χ3v) is 6.70. The summed E-state index contributed by atoms with van der Waals surface area (Å²) in [5.74, 6) is -0.834. The molecule has 0 saturated carbocycles. The summed E-state index contributed by atoms with van der Waals surface area (Å²) in [6.45, 7) is 14.5. The van der Waals surface area contributed by atoms with Crippen LogP contribution in [-0.4, -0.2) is 36.0 Å². The number of aliphatic carboxylic acids is 1. The van der Waals surface area contributed by atoms with Crippen LogP contribution in [0.15, 0.2) is 36.7 Å². The van der Waals surface area contributed by atoms with Crippen LogP contribution in [0.5, 0.6) is 0 Å². The van der Waals surface area contributed by atoms with Gasteiger partial charge in [-0.3, -0.25) is 4.68 Å². The number of halogens is 1. The minimum absolute atomic E-state index is 0.216. The molecule has 3 heterocycles. The van der Waals surface area contributed by atoms with Gasteiger partial charge >= 0.3 is 5.97 Å². The Labute approximate surface area is 223 Å². The first-order chi connectivity index (χ1) is 17.3. The molecule has 1 aromatic carbocycles. The molecule has 196 valence electrons. The van der Waals surface area contributed by atoms with Crippen molar-refractivity contribution in [2.24, 2.45) is 7.05 Å². The molecule has 0 unspecified atom stereocenters. The molecule has 0 aliphatic heterocycles. The third-order valence-electron chi connectivity index (χ3n) is 6.45. The number of carbonyl (C=O) groups is 1. The second-order valence-electron chi connectivity index (χ2n) is 10.9. The Kier molecular flexibility index (Phi) is 7.23. The number of hydrogen-bond acceptors (Lipinski definition) is 4. The van der Waals surface area contributed by atoms with Gasteiger partial charge in [0, 0.05) is 51.7 Å². The van der Waals surface area contributed by atoms with Crippen molar-refractivity contribution in [2.45, 2.75) is 72.6 Å². The lowest BCUT2D eigenvalue weighted by Crippen LogP contribution is -2.28. The van der Waals surface area contributed by atoms with Crippen LogP contribution >= 0.6 is 11.6 Å². The van der Waals surface area contributed by atoms with Crippen LogP contribution < -0.4 is 0 Å². The van der Waals surface area contributed by atoms with Gasteiger partial charge in [0.15, 0.2) is 6.10 Å². The number of hydrogen-bond donors (Lipinski definition) is 1. The zero-order valence-electron chi connectivity index (χ0n) is 22.8. The molecule has 4 aromatic rings. The Balaban J connectivity index is 2.13. The molecule has 1 atom stereocenters. The zero-order chi connectivity index (χ0) is 27.2. The van der Waals surface area contributed by atoms with Gasteiger partial charge in [-0.15, -0.1) is 0 Å². The van der Waals surface area contributed by atoms with Gasteiger partial charge in [0.2, 0.25) is 0 Å². The van der Waals surface area contributed by atoms with Crippen molar-refractivity contribution in [3.8, 4) is 11.1 Å². The first-order valence-corrected chi connectivity index (χ1v) is 12.8. The molecule has 0 spiro atoms. The Morgan fingerprint density at radius 3 is 2.32 bits per heavy atom. The zero-order valence-corrected chi connectivity index (χ0v) is 23.5. The predicted octanol–water partition coefficient (Wildman–Crippen LogP) is 6.82. The van der Waals surface area contributed by atoms with E-state index in [0.717, 1.165) is 39.0 Å². The number of pyridine rings is 1. The fourth-order valence-corrected chi connectivity index (χ4v) is 5.29. The fraction of sp³-hybridized carbons (Fsp3) is 0.414. The number of nitrogens with zero attached hydrogens (tertiary/aromatic N) is 4. The van der Waals surface area contributed by atoms with Gasteiger partial charge in [0.1, 0.15) is 5.65 Å². The maximum atomic E-state index is 12.6. The van der Waals surface area contributed by atoms with E-state index in [0.29, 0.717) is 22.8 Å². The quantitative estimate of drug-likeness (QED) is 0.288. The molecule has 0 aliphatic carbocycles. The number of ether oxygens (including phenoxy) is 1. The van der Waals surface area contributed by atoms with Gasteiger partial charge in [-0.1, -0.05) is 37.6 Å². The molecule has 0 saturated heterocycles. The van der Waals surface area contributed by atoms with E-state index in [1.165, 1.54) is 0 Å². The number of benzene rings is 1. The predicted molar refractivity (Wildman–Crippen MR) is 147 cm³/mol. The number of fused-ring (bicyclic) bond motifs is 1. The molecule has 0 fully saturated rings.